The summed E-state index contributed by atoms with van der Waals surface area (Å²) in [5, 5.41) is 20.2. The van der Waals surface area contributed by atoms with Crippen LogP contribution in [0.2, 0.25) is 0 Å². The van der Waals surface area contributed by atoms with E-state index in [-0.39, 0.29) is 36.6 Å². The topological polar surface area (TPSA) is 108 Å². The highest BCUT2D eigenvalue weighted by Gasteiger charge is 2.33. The van der Waals surface area contributed by atoms with Crippen LogP contribution in [0, 0.1) is 19.8 Å². The second-order valence-corrected chi connectivity index (χ2v) is 7.49. The van der Waals surface area contributed by atoms with Crippen molar-refractivity contribution in [2.75, 3.05) is 26.2 Å². The molecule has 166 valence electrons. The monoisotopic (exact) mass is 522 g/mol. The smallest absolute Gasteiger partial charge is 0.407 e. The van der Waals surface area contributed by atoms with Gasteiger partial charge in [0, 0.05) is 18.7 Å². The number of aliphatic hydroxyl groups is 1. The molecule has 0 spiro atoms. The zero-order chi connectivity index (χ0) is 20.7. The van der Waals surface area contributed by atoms with Crippen LogP contribution in [0.1, 0.15) is 50.7 Å². The fourth-order valence-electron chi connectivity index (χ4n) is 3.19. The predicted molar refractivity (Wildman–Crippen MR) is 124 cm³/mol. The molecule has 1 aromatic heterocycles. The van der Waals surface area contributed by atoms with E-state index < -0.39 is 11.7 Å². The van der Waals surface area contributed by atoms with Crippen LogP contribution in [-0.2, 0) is 10.3 Å². The molecule has 8 nitrogen and oxygen atoms in total. The number of aliphatic imine (C=N–C) groups is 1. The Hall–Kier alpha value is -1.49. The fourth-order valence-corrected chi connectivity index (χ4v) is 3.19. The second kappa shape index (κ2) is 11.6. The SMILES string of the molecule is CCNC(=NCC(C)(O)c1cc(C)oc1C)NCC(NC(=O)OCC)C1CC1.I. The van der Waals surface area contributed by atoms with Crippen molar-refractivity contribution in [1.29, 1.82) is 0 Å². The van der Waals surface area contributed by atoms with Crippen LogP contribution in [0.5, 0.6) is 0 Å². The summed E-state index contributed by atoms with van der Waals surface area (Å²) in [7, 11) is 0. The Labute approximate surface area is 190 Å². The van der Waals surface area contributed by atoms with Crippen LogP contribution in [0.25, 0.3) is 0 Å². The number of halogens is 1. The maximum Gasteiger partial charge on any atom is 0.407 e. The summed E-state index contributed by atoms with van der Waals surface area (Å²) in [6.07, 6.45) is 1.80. The molecule has 0 aliphatic heterocycles. The minimum Gasteiger partial charge on any atom is -0.466 e. The first-order chi connectivity index (χ1) is 13.3. The maximum absolute atomic E-state index is 11.8. The van der Waals surface area contributed by atoms with Crippen molar-refractivity contribution >= 4 is 36.0 Å². The zero-order valence-electron chi connectivity index (χ0n) is 18.0. The number of alkyl carbamates (subject to hydrolysis) is 1. The number of aryl methyl sites for hydroxylation is 2. The fraction of sp³-hybridized carbons (Fsp3) is 0.700. The van der Waals surface area contributed by atoms with Crippen molar-refractivity contribution < 1.29 is 19.1 Å². The van der Waals surface area contributed by atoms with E-state index in [9.17, 15) is 9.90 Å². The third-order valence-corrected chi connectivity index (χ3v) is 4.77. The Morgan fingerprint density at radius 2 is 2.07 bits per heavy atom. The highest BCUT2D eigenvalue weighted by molar-refractivity contribution is 14.0. The molecule has 1 aliphatic rings. The van der Waals surface area contributed by atoms with E-state index in [1.54, 1.807) is 13.8 Å². The molecule has 29 heavy (non-hydrogen) atoms. The summed E-state index contributed by atoms with van der Waals surface area (Å²) >= 11 is 0. The Balaban J connectivity index is 0.00000420. The van der Waals surface area contributed by atoms with Gasteiger partial charge in [-0.05, 0) is 59.4 Å². The van der Waals surface area contributed by atoms with Crippen LogP contribution in [-0.4, -0.2) is 49.4 Å². The quantitative estimate of drug-likeness (QED) is 0.226. The van der Waals surface area contributed by atoms with Crippen LogP contribution in [0.15, 0.2) is 15.5 Å². The minimum absolute atomic E-state index is 0. The van der Waals surface area contributed by atoms with E-state index >= 15 is 0 Å². The largest absolute Gasteiger partial charge is 0.466 e. The standard InChI is InChI=1S/C20H34N4O4.HI/c1-6-21-18(22-11-17(15-8-9-15)24-19(25)27-7-2)23-12-20(5,26)16-10-13(3)28-14(16)4;/h10,15,17,26H,6-9,11-12H2,1-5H3,(H,24,25)(H2,21,22,23);1H. The number of rotatable bonds is 9. The second-order valence-electron chi connectivity index (χ2n) is 7.49. The molecule has 1 heterocycles. The van der Waals surface area contributed by atoms with Gasteiger partial charge in [-0.25, -0.2) is 9.79 Å². The number of guanidine groups is 1. The van der Waals surface area contributed by atoms with E-state index in [2.05, 4.69) is 20.9 Å². The first kappa shape index (κ1) is 25.5. The Bertz CT molecular complexity index is 686. The molecule has 0 aromatic carbocycles. The lowest BCUT2D eigenvalue weighted by Gasteiger charge is -2.23. The van der Waals surface area contributed by atoms with Crippen molar-refractivity contribution in [3.63, 3.8) is 0 Å². The maximum atomic E-state index is 11.8. The molecular weight excluding hydrogens is 487 g/mol. The van der Waals surface area contributed by atoms with Crippen molar-refractivity contribution in [2.24, 2.45) is 10.9 Å². The number of carbonyl (C=O) groups is 1. The average Bonchev–Trinajstić information content (AvgIpc) is 3.40. The van der Waals surface area contributed by atoms with Crippen LogP contribution < -0.4 is 16.0 Å². The van der Waals surface area contributed by atoms with Gasteiger partial charge in [0.15, 0.2) is 5.96 Å². The third-order valence-electron chi connectivity index (χ3n) is 4.77. The number of nitrogens with zero attached hydrogens (tertiary/aromatic N) is 1. The van der Waals surface area contributed by atoms with Crippen molar-refractivity contribution in [3.05, 3.63) is 23.2 Å². The van der Waals surface area contributed by atoms with Gasteiger partial charge in [0.2, 0.25) is 0 Å². The molecule has 1 saturated carbocycles. The first-order valence-electron chi connectivity index (χ1n) is 10.0. The van der Waals surface area contributed by atoms with Gasteiger partial charge in [-0.15, -0.1) is 24.0 Å². The number of furan rings is 1. The highest BCUT2D eigenvalue weighted by Crippen LogP contribution is 2.32. The van der Waals surface area contributed by atoms with Gasteiger partial charge >= 0.3 is 6.09 Å². The Morgan fingerprint density at radius 1 is 1.38 bits per heavy atom. The van der Waals surface area contributed by atoms with E-state index in [1.807, 2.05) is 26.8 Å². The Morgan fingerprint density at radius 3 is 2.59 bits per heavy atom. The molecule has 2 rings (SSSR count). The molecule has 0 saturated heterocycles. The summed E-state index contributed by atoms with van der Waals surface area (Å²) < 4.78 is 10.5. The molecule has 9 heteroatoms. The van der Waals surface area contributed by atoms with Gasteiger partial charge in [0.25, 0.3) is 0 Å². The van der Waals surface area contributed by atoms with Gasteiger partial charge in [0.05, 0.1) is 19.2 Å². The molecule has 0 radical (unpaired) electrons. The number of carbonyl (C=O) groups excluding carboxylic acids is 1. The van der Waals surface area contributed by atoms with Crippen molar-refractivity contribution in [2.45, 2.75) is 59.1 Å². The molecule has 0 bridgehead atoms. The first-order valence-corrected chi connectivity index (χ1v) is 10.0. The van der Waals surface area contributed by atoms with Gasteiger partial charge in [-0.1, -0.05) is 0 Å². The van der Waals surface area contributed by atoms with E-state index in [4.69, 9.17) is 9.15 Å². The molecule has 1 fully saturated rings. The highest BCUT2D eigenvalue weighted by atomic mass is 127. The normalized spacial score (nSPS) is 17.0. The van der Waals surface area contributed by atoms with Crippen LogP contribution >= 0.6 is 24.0 Å². The molecular formula is C20H35IN4O4. The molecule has 1 amide bonds. The molecule has 4 N–H and O–H groups in total. The van der Waals surface area contributed by atoms with Gasteiger partial charge < -0.3 is 30.2 Å². The lowest BCUT2D eigenvalue weighted by Crippen LogP contribution is -2.48. The summed E-state index contributed by atoms with van der Waals surface area (Å²) in [5.41, 5.74) is -0.395. The molecule has 2 unspecified atom stereocenters. The van der Waals surface area contributed by atoms with Gasteiger partial charge in [-0.2, -0.15) is 0 Å². The van der Waals surface area contributed by atoms with Crippen LogP contribution in [0.3, 0.4) is 0 Å². The summed E-state index contributed by atoms with van der Waals surface area (Å²) in [5.74, 6) is 2.51. The van der Waals surface area contributed by atoms with Crippen molar-refractivity contribution in [3.8, 4) is 0 Å². The average molecular weight is 522 g/mol. The van der Waals surface area contributed by atoms with E-state index in [0.717, 1.165) is 24.2 Å². The summed E-state index contributed by atoms with van der Waals surface area (Å²) in [4.78, 5) is 16.3. The number of hydrogen-bond acceptors (Lipinski definition) is 5. The molecule has 2 atom stereocenters. The number of amides is 1. The van der Waals surface area contributed by atoms with Gasteiger partial charge in [-0.3, -0.25) is 0 Å². The Kier molecular flexibility index (Phi) is 10.2. The number of ether oxygens (including phenoxy) is 1. The number of nitrogens with one attached hydrogen (secondary N) is 3. The third kappa shape index (κ3) is 8.04. The zero-order valence-corrected chi connectivity index (χ0v) is 20.3. The summed E-state index contributed by atoms with van der Waals surface area (Å²) in [6, 6.07) is 1.83. The predicted octanol–water partition coefficient (Wildman–Crippen LogP) is 2.80. The number of hydrogen-bond donors (Lipinski definition) is 4. The van der Waals surface area contributed by atoms with Crippen molar-refractivity contribution in [1.82, 2.24) is 16.0 Å². The molecule has 1 aliphatic carbocycles. The summed E-state index contributed by atoms with van der Waals surface area (Å²) in [6.45, 7) is 11.0. The lowest BCUT2D eigenvalue weighted by atomic mass is 9.96. The van der Waals surface area contributed by atoms with E-state index in [1.165, 1.54) is 0 Å². The van der Waals surface area contributed by atoms with Gasteiger partial charge in [0.1, 0.15) is 17.1 Å². The van der Waals surface area contributed by atoms with E-state index in [0.29, 0.717) is 37.3 Å². The lowest BCUT2D eigenvalue weighted by molar-refractivity contribution is 0.0657. The van der Waals surface area contributed by atoms with Crippen LogP contribution in [0.4, 0.5) is 4.79 Å². The minimum atomic E-state index is -1.14. The molecule has 1 aromatic rings.